The van der Waals surface area contributed by atoms with Crippen molar-refractivity contribution in [3.8, 4) is 0 Å². The number of benzene rings is 1. The Bertz CT molecular complexity index is 738. The van der Waals surface area contributed by atoms with E-state index in [2.05, 4.69) is 62.7 Å². The number of fused-ring (bicyclic) bond motifs is 1. The Kier molecular flexibility index (Phi) is 4.16. The van der Waals surface area contributed by atoms with Gasteiger partial charge in [-0.05, 0) is 67.1 Å². The average molecular weight is 316 g/mol. The predicted octanol–water partition coefficient (Wildman–Crippen LogP) is 5.59. The van der Waals surface area contributed by atoms with Crippen LogP contribution in [0.2, 0.25) is 0 Å². The Morgan fingerprint density at radius 2 is 1.76 bits per heavy atom. The third-order valence-corrected chi connectivity index (χ3v) is 6.20. The molecular formula is C18H21NS2. The molecule has 0 bridgehead atoms. The maximum atomic E-state index is 3.67. The maximum absolute atomic E-state index is 3.67. The molecule has 2 heterocycles. The van der Waals surface area contributed by atoms with E-state index in [1.54, 1.807) is 0 Å². The van der Waals surface area contributed by atoms with Gasteiger partial charge in [0.25, 0.3) is 0 Å². The largest absolute Gasteiger partial charge is 0.306 e. The molecule has 0 aliphatic heterocycles. The van der Waals surface area contributed by atoms with E-state index >= 15 is 0 Å². The lowest BCUT2D eigenvalue weighted by molar-refractivity contribution is 0.636. The summed E-state index contributed by atoms with van der Waals surface area (Å²) >= 11 is 3.74. The van der Waals surface area contributed by atoms with Gasteiger partial charge in [-0.1, -0.05) is 19.1 Å². The zero-order valence-electron chi connectivity index (χ0n) is 13.0. The van der Waals surface area contributed by atoms with Crippen molar-refractivity contribution in [3.05, 3.63) is 56.8 Å². The van der Waals surface area contributed by atoms with Crippen LogP contribution in [0.25, 0.3) is 9.40 Å². The highest BCUT2D eigenvalue weighted by Crippen LogP contribution is 2.37. The lowest BCUT2D eigenvalue weighted by Gasteiger charge is -2.20. The third-order valence-electron chi connectivity index (χ3n) is 4.04. The summed E-state index contributed by atoms with van der Waals surface area (Å²) in [5.74, 6) is 0. The standard InChI is InChI=1S/C18H21NS2/c1-5-19-18(14-9-12(3)11(2)8-13(14)4)17-10-16-15(21-17)6-7-20-16/h6-10,18-19H,5H2,1-4H3. The molecule has 3 aromatic rings. The summed E-state index contributed by atoms with van der Waals surface area (Å²) in [4.78, 5) is 1.42. The molecule has 110 valence electrons. The van der Waals surface area contributed by atoms with E-state index in [9.17, 15) is 0 Å². The van der Waals surface area contributed by atoms with E-state index in [1.165, 1.54) is 36.5 Å². The van der Waals surface area contributed by atoms with Crippen molar-refractivity contribution in [1.29, 1.82) is 0 Å². The highest BCUT2D eigenvalue weighted by molar-refractivity contribution is 7.27. The second-order valence-corrected chi connectivity index (χ2v) is 7.64. The van der Waals surface area contributed by atoms with E-state index in [0.717, 1.165) is 6.54 Å². The molecule has 0 amide bonds. The number of nitrogens with one attached hydrogen (secondary N) is 1. The van der Waals surface area contributed by atoms with Crippen molar-refractivity contribution in [2.24, 2.45) is 0 Å². The Morgan fingerprint density at radius 1 is 1.00 bits per heavy atom. The summed E-state index contributed by atoms with van der Waals surface area (Å²) in [6.07, 6.45) is 0. The first-order valence-corrected chi connectivity index (χ1v) is 9.07. The van der Waals surface area contributed by atoms with Crippen LogP contribution in [-0.2, 0) is 0 Å². The molecule has 1 atom stereocenters. The van der Waals surface area contributed by atoms with Crippen LogP contribution in [-0.4, -0.2) is 6.54 Å². The molecule has 0 radical (unpaired) electrons. The van der Waals surface area contributed by atoms with Crippen LogP contribution in [0.15, 0.2) is 29.6 Å². The Hall–Kier alpha value is -1.16. The zero-order valence-corrected chi connectivity index (χ0v) is 14.6. The molecule has 2 aromatic heterocycles. The molecule has 1 N–H and O–H groups in total. The van der Waals surface area contributed by atoms with Crippen LogP contribution in [0.4, 0.5) is 0 Å². The van der Waals surface area contributed by atoms with Gasteiger partial charge < -0.3 is 5.32 Å². The normalized spacial score (nSPS) is 13.0. The van der Waals surface area contributed by atoms with Gasteiger partial charge in [-0.25, -0.2) is 0 Å². The SMILES string of the molecule is CCNC(c1cc2sccc2s1)c1cc(C)c(C)cc1C. The van der Waals surface area contributed by atoms with Gasteiger partial charge in [0.15, 0.2) is 0 Å². The lowest BCUT2D eigenvalue weighted by atomic mass is 9.95. The molecule has 1 nitrogen and oxygen atoms in total. The molecule has 1 unspecified atom stereocenters. The first-order chi connectivity index (χ1) is 10.1. The van der Waals surface area contributed by atoms with Crippen molar-refractivity contribution >= 4 is 32.1 Å². The van der Waals surface area contributed by atoms with Crippen molar-refractivity contribution in [2.75, 3.05) is 6.54 Å². The van der Waals surface area contributed by atoms with Gasteiger partial charge in [0.1, 0.15) is 0 Å². The fourth-order valence-corrected chi connectivity index (χ4v) is 5.00. The Balaban J connectivity index is 2.09. The molecule has 0 saturated heterocycles. The molecular weight excluding hydrogens is 294 g/mol. The fraction of sp³-hybridized carbons (Fsp3) is 0.333. The van der Waals surface area contributed by atoms with Crippen LogP contribution >= 0.6 is 22.7 Å². The number of thiophene rings is 2. The summed E-state index contributed by atoms with van der Waals surface area (Å²) in [6.45, 7) is 9.77. The van der Waals surface area contributed by atoms with Gasteiger partial charge in [-0.3, -0.25) is 0 Å². The first-order valence-electron chi connectivity index (χ1n) is 7.38. The van der Waals surface area contributed by atoms with Gasteiger partial charge in [-0.15, -0.1) is 22.7 Å². The van der Waals surface area contributed by atoms with Crippen molar-refractivity contribution in [2.45, 2.75) is 33.7 Å². The topological polar surface area (TPSA) is 12.0 Å². The summed E-state index contributed by atoms with van der Waals surface area (Å²) in [5, 5.41) is 5.84. The number of hydrogen-bond acceptors (Lipinski definition) is 3. The van der Waals surface area contributed by atoms with Gasteiger partial charge in [0.05, 0.1) is 6.04 Å². The van der Waals surface area contributed by atoms with Crippen LogP contribution < -0.4 is 5.32 Å². The molecule has 21 heavy (non-hydrogen) atoms. The van der Waals surface area contributed by atoms with Crippen LogP contribution in [0.3, 0.4) is 0 Å². The van der Waals surface area contributed by atoms with Gasteiger partial charge >= 0.3 is 0 Å². The summed E-state index contributed by atoms with van der Waals surface area (Å²) in [6, 6.07) is 9.55. The van der Waals surface area contributed by atoms with Crippen molar-refractivity contribution in [1.82, 2.24) is 5.32 Å². The average Bonchev–Trinajstić information content (AvgIpc) is 3.01. The van der Waals surface area contributed by atoms with Gasteiger partial charge in [-0.2, -0.15) is 0 Å². The smallest absolute Gasteiger partial charge is 0.0674 e. The van der Waals surface area contributed by atoms with Crippen LogP contribution in [0.1, 0.15) is 40.1 Å². The minimum absolute atomic E-state index is 0.305. The summed E-state index contributed by atoms with van der Waals surface area (Å²) in [5.41, 5.74) is 5.53. The quantitative estimate of drug-likeness (QED) is 0.662. The maximum Gasteiger partial charge on any atom is 0.0674 e. The molecule has 3 rings (SSSR count). The predicted molar refractivity (Wildman–Crippen MR) is 95.9 cm³/mol. The second kappa shape index (κ2) is 5.91. The lowest BCUT2D eigenvalue weighted by Crippen LogP contribution is -2.22. The van der Waals surface area contributed by atoms with E-state index in [-0.39, 0.29) is 0 Å². The first kappa shape index (κ1) is 14.8. The molecule has 1 aromatic carbocycles. The third kappa shape index (κ3) is 2.78. The molecule has 0 saturated carbocycles. The van der Waals surface area contributed by atoms with E-state index in [1.807, 2.05) is 22.7 Å². The fourth-order valence-electron chi connectivity index (χ4n) is 2.79. The highest BCUT2D eigenvalue weighted by atomic mass is 32.1. The number of hydrogen-bond donors (Lipinski definition) is 1. The Labute approximate surface area is 134 Å². The van der Waals surface area contributed by atoms with Crippen LogP contribution in [0.5, 0.6) is 0 Å². The Morgan fingerprint density at radius 3 is 2.48 bits per heavy atom. The molecule has 0 aliphatic rings. The van der Waals surface area contributed by atoms with E-state index in [0.29, 0.717) is 6.04 Å². The van der Waals surface area contributed by atoms with E-state index in [4.69, 9.17) is 0 Å². The highest BCUT2D eigenvalue weighted by Gasteiger charge is 2.19. The molecule has 3 heteroatoms. The van der Waals surface area contributed by atoms with Crippen LogP contribution in [0, 0.1) is 20.8 Å². The van der Waals surface area contributed by atoms with Gasteiger partial charge in [0.2, 0.25) is 0 Å². The number of aryl methyl sites for hydroxylation is 3. The minimum atomic E-state index is 0.305. The van der Waals surface area contributed by atoms with E-state index < -0.39 is 0 Å². The van der Waals surface area contributed by atoms with Gasteiger partial charge in [0, 0.05) is 14.3 Å². The second-order valence-electron chi connectivity index (χ2n) is 5.58. The monoisotopic (exact) mass is 315 g/mol. The molecule has 0 spiro atoms. The summed E-state index contributed by atoms with van der Waals surface area (Å²) < 4.78 is 2.80. The van der Waals surface area contributed by atoms with Crippen molar-refractivity contribution < 1.29 is 0 Å². The van der Waals surface area contributed by atoms with Crippen molar-refractivity contribution in [3.63, 3.8) is 0 Å². The zero-order chi connectivity index (χ0) is 15.0. The minimum Gasteiger partial charge on any atom is -0.306 e. The molecule has 0 fully saturated rings. The molecule has 0 aliphatic carbocycles. The number of rotatable bonds is 4. The summed E-state index contributed by atoms with van der Waals surface area (Å²) in [7, 11) is 0.